The van der Waals surface area contributed by atoms with Crippen molar-refractivity contribution in [3.63, 3.8) is 0 Å². The van der Waals surface area contributed by atoms with Crippen molar-refractivity contribution >= 4 is 11.6 Å². The van der Waals surface area contributed by atoms with Gasteiger partial charge in [0.15, 0.2) is 0 Å². The molecule has 4 nitrogen and oxygen atoms in total. The normalized spacial score (nSPS) is 11.2. The zero-order valence-corrected chi connectivity index (χ0v) is 8.54. The highest BCUT2D eigenvalue weighted by molar-refractivity contribution is 5.93. The second-order valence-electron chi connectivity index (χ2n) is 2.96. The molecule has 1 rings (SSSR count). The summed E-state index contributed by atoms with van der Waals surface area (Å²) in [6, 6.07) is 8.03. The molecule has 0 radical (unpaired) electrons. The lowest BCUT2D eigenvalue weighted by atomic mass is 10.2. The van der Waals surface area contributed by atoms with Gasteiger partial charge in [-0.1, -0.05) is 17.7 Å². The van der Waals surface area contributed by atoms with Crippen LogP contribution >= 0.6 is 0 Å². The van der Waals surface area contributed by atoms with Crippen molar-refractivity contribution in [1.29, 1.82) is 0 Å². The Hall–Kier alpha value is -1.55. The van der Waals surface area contributed by atoms with E-state index < -0.39 is 0 Å². The standard InChI is InChI=1S/C10H16N4/c1-3-12-10(14-11)13-9-6-4-8(2)5-7-9/h4-7H,3,11H2,1-2H3,(H2,12,13,14). The fourth-order valence-electron chi connectivity index (χ4n) is 1.05. The lowest BCUT2D eigenvalue weighted by Crippen LogP contribution is -2.36. The second-order valence-corrected chi connectivity index (χ2v) is 2.96. The van der Waals surface area contributed by atoms with Gasteiger partial charge in [-0.25, -0.2) is 5.84 Å². The van der Waals surface area contributed by atoms with Crippen LogP contribution in [0.4, 0.5) is 5.69 Å². The van der Waals surface area contributed by atoms with Gasteiger partial charge in [-0.05, 0) is 26.0 Å². The van der Waals surface area contributed by atoms with Crippen molar-refractivity contribution < 1.29 is 0 Å². The van der Waals surface area contributed by atoms with Gasteiger partial charge in [-0.3, -0.25) is 10.4 Å². The van der Waals surface area contributed by atoms with Gasteiger partial charge in [-0.2, -0.15) is 0 Å². The smallest absolute Gasteiger partial charge is 0.210 e. The minimum Gasteiger partial charge on any atom is -0.325 e. The van der Waals surface area contributed by atoms with Crippen LogP contribution in [0.25, 0.3) is 0 Å². The van der Waals surface area contributed by atoms with Crippen LogP contribution in [0, 0.1) is 6.92 Å². The van der Waals surface area contributed by atoms with Crippen molar-refractivity contribution in [2.75, 3.05) is 11.9 Å². The number of rotatable bonds is 2. The third-order valence-corrected chi connectivity index (χ3v) is 1.77. The molecule has 0 spiro atoms. The van der Waals surface area contributed by atoms with Crippen LogP contribution in [0.5, 0.6) is 0 Å². The predicted molar refractivity (Wildman–Crippen MR) is 60.1 cm³/mol. The zero-order valence-electron chi connectivity index (χ0n) is 8.54. The number of hydrogen-bond acceptors (Lipinski definition) is 2. The summed E-state index contributed by atoms with van der Waals surface area (Å²) < 4.78 is 0. The second kappa shape index (κ2) is 5.24. The SMILES string of the molecule is CCN=C(NN)Nc1ccc(C)cc1. The molecule has 0 saturated heterocycles. The quantitative estimate of drug-likeness (QED) is 0.286. The summed E-state index contributed by atoms with van der Waals surface area (Å²) >= 11 is 0. The molecule has 0 aliphatic heterocycles. The Morgan fingerprint density at radius 2 is 2.00 bits per heavy atom. The van der Waals surface area contributed by atoms with Crippen LogP contribution < -0.4 is 16.6 Å². The average molecular weight is 192 g/mol. The van der Waals surface area contributed by atoms with Crippen LogP contribution in [0.2, 0.25) is 0 Å². The summed E-state index contributed by atoms with van der Waals surface area (Å²) in [7, 11) is 0. The van der Waals surface area contributed by atoms with Crippen LogP contribution in [0.15, 0.2) is 29.3 Å². The summed E-state index contributed by atoms with van der Waals surface area (Å²) in [5.41, 5.74) is 4.70. The highest BCUT2D eigenvalue weighted by Gasteiger charge is 1.95. The Balaban J connectivity index is 2.67. The molecule has 76 valence electrons. The van der Waals surface area contributed by atoms with Crippen LogP contribution in [-0.4, -0.2) is 12.5 Å². The molecule has 0 aliphatic rings. The van der Waals surface area contributed by atoms with Gasteiger partial charge < -0.3 is 5.32 Å². The Kier molecular flexibility index (Phi) is 3.94. The van der Waals surface area contributed by atoms with E-state index in [1.54, 1.807) is 0 Å². The Labute approximate surface area is 84.2 Å². The molecule has 1 aromatic rings. The van der Waals surface area contributed by atoms with E-state index in [1.807, 2.05) is 38.1 Å². The summed E-state index contributed by atoms with van der Waals surface area (Å²) in [6.07, 6.45) is 0. The Bertz CT molecular complexity index is 302. The van der Waals surface area contributed by atoms with Crippen molar-refractivity contribution in [3.05, 3.63) is 29.8 Å². The molecular weight excluding hydrogens is 176 g/mol. The van der Waals surface area contributed by atoms with Gasteiger partial charge >= 0.3 is 0 Å². The number of aryl methyl sites for hydroxylation is 1. The zero-order chi connectivity index (χ0) is 10.4. The first kappa shape index (κ1) is 10.5. The lowest BCUT2D eigenvalue weighted by molar-refractivity contribution is 0.986. The molecule has 0 heterocycles. The van der Waals surface area contributed by atoms with E-state index in [4.69, 9.17) is 5.84 Å². The summed E-state index contributed by atoms with van der Waals surface area (Å²) in [5, 5.41) is 3.07. The van der Waals surface area contributed by atoms with E-state index >= 15 is 0 Å². The molecule has 0 saturated carbocycles. The molecular formula is C10H16N4. The number of nitrogens with two attached hydrogens (primary N) is 1. The largest absolute Gasteiger partial charge is 0.325 e. The number of hydrazine groups is 1. The maximum atomic E-state index is 5.29. The Morgan fingerprint density at radius 1 is 1.36 bits per heavy atom. The van der Waals surface area contributed by atoms with Crippen LogP contribution in [-0.2, 0) is 0 Å². The number of benzene rings is 1. The third-order valence-electron chi connectivity index (χ3n) is 1.77. The van der Waals surface area contributed by atoms with Gasteiger partial charge in [0.25, 0.3) is 0 Å². The number of nitrogens with zero attached hydrogens (tertiary/aromatic N) is 1. The fraction of sp³-hybridized carbons (Fsp3) is 0.300. The number of anilines is 1. The van der Waals surface area contributed by atoms with Crippen LogP contribution in [0.1, 0.15) is 12.5 Å². The van der Waals surface area contributed by atoms with E-state index in [0.29, 0.717) is 12.5 Å². The number of aliphatic imine (C=N–C) groups is 1. The first-order valence-corrected chi connectivity index (χ1v) is 4.61. The minimum absolute atomic E-state index is 0.580. The van der Waals surface area contributed by atoms with E-state index in [2.05, 4.69) is 15.7 Å². The van der Waals surface area contributed by atoms with Gasteiger partial charge in [0, 0.05) is 12.2 Å². The molecule has 0 aromatic heterocycles. The van der Waals surface area contributed by atoms with E-state index in [9.17, 15) is 0 Å². The predicted octanol–water partition coefficient (Wildman–Crippen LogP) is 1.25. The monoisotopic (exact) mass is 192 g/mol. The first-order chi connectivity index (χ1) is 6.76. The first-order valence-electron chi connectivity index (χ1n) is 4.61. The maximum absolute atomic E-state index is 5.29. The molecule has 4 N–H and O–H groups in total. The van der Waals surface area contributed by atoms with E-state index in [1.165, 1.54) is 5.56 Å². The summed E-state index contributed by atoms with van der Waals surface area (Å²) in [6.45, 7) is 4.69. The summed E-state index contributed by atoms with van der Waals surface area (Å²) in [5.74, 6) is 5.87. The highest BCUT2D eigenvalue weighted by Crippen LogP contribution is 2.07. The topological polar surface area (TPSA) is 62.4 Å². The maximum Gasteiger partial charge on any atom is 0.210 e. The van der Waals surface area contributed by atoms with Crippen LogP contribution in [0.3, 0.4) is 0 Å². The minimum atomic E-state index is 0.580. The van der Waals surface area contributed by atoms with Gasteiger partial charge in [0.05, 0.1) is 0 Å². The Morgan fingerprint density at radius 3 is 2.50 bits per heavy atom. The molecule has 0 fully saturated rings. The fourth-order valence-corrected chi connectivity index (χ4v) is 1.05. The number of guanidine groups is 1. The van der Waals surface area contributed by atoms with Crippen molar-refractivity contribution in [3.8, 4) is 0 Å². The van der Waals surface area contributed by atoms with Gasteiger partial charge in [0.2, 0.25) is 5.96 Å². The highest BCUT2D eigenvalue weighted by atomic mass is 15.3. The summed E-state index contributed by atoms with van der Waals surface area (Å²) in [4.78, 5) is 4.13. The van der Waals surface area contributed by atoms with Gasteiger partial charge in [-0.15, -0.1) is 0 Å². The molecule has 0 bridgehead atoms. The molecule has 0 aliphatic carbocycles. The molecule has 0 unspecified atom stereocenters. The van der Waals surface area contributed by atoms with E-state index in [-0.39, 0.29) is 0 Å². The van der Waals surface area contributed by atoms with Crippen molar-refractivity contribution in [2.24, 2.45) is 10.8 Å². The molecule has 14 heavy (non-hydrogen) atoms. The molecule has 1 aromatic carbocycles. The van der Waals surface area contributed by atoms with Gasteiger partial charge in [0.1, 0.15) is 0 Å². The van der Waals surface area contributed by atoms with E-state index in [0.717, 1.165) is 5.69 Å². The number of nitrogens with one attached hydrogen (secondary N) is 2. The molecule has 0 amide bonds. The van der Waals surface area contributed by atoms with Crippen molar-refractivity contribution in [1.82, 2.24) is 5.43 Å². The average Bonchev–Trinajstić information content (AvgIpc) is 2.20. The molecule has 0 atom stereocenters. The number of hydrogen-bond donors (Lipinski definition) is 3. The lowest BCUT2D eigenvalue weighted by Gasteiger charge is -2.08. The molecule has 4 heteroatoms. The van der Waals surface area contributed by atoms with Crippen molar-refractivity contribution in [2.45, 2.75) is 13.8 Å². The third kappa shape index (κ3) is 3.06.